The van der Waals surface area contributed by atoms with Crippen LogP contribution in [-0.4, -0.2) is 33.1 Å². The summed E-state index contributed by atoms with van der Waals surface area (Å²) in [6.07, 6.45) is -4.68. The van der Waals surface area contributed by atoms with Crippen LogP contribution in [0.3, 0.4) is 0 Å². The molecule has 1 amide bonds. The minimum atomic E-state index is -4.68. The van der Waals surface area contributed by atoms with E-state index in [0.717, 1.165) is 16.4 Å². The first kappa shape index (κ1) is 16.4. The molecule has 0 fully saturated rings. The summed E-state index contributed by atoms with van der Waals surface area (Å²) in [6.45, 7) is 0. The van der Waals surface area contributed by atoms with Crippen LogP contribution in [0, 0.1) is 0 Å². The van der Waals surface area contributed by atoms with Gasteiger partial charge in [-0.2, -0.15) is 13.2 Å². The van der Waals surface area contributed by atoms with E-state index < -0.39 is 29.2 Å². The summed E-state index contributed by atoms with van der Waals surface area (Å²) in [6, 6.07) is 5.81. The van der Waals surface area contributed by atoms with Gasteiger partial charge in [-0.15, -0.1) is 10.2 Å². The second kappa shape index (κ2) is 5.89. The Labute approximate surface area is 138 Å². The summed E-state index contributed by atoms with van der Waals surface area (Å²) in [5.74, 6) is -1.28. The number of carbonyl (C=O) groups is 1. The number of hydrogen-bond donors (Lipinski definition) is 2. The van der Waals surface area contributed by atoms with Gasteiger partial charge < -0.3 is 15.9 Å². The van der Waals surface area contributed by atoms with Crippen molar-refractivity contribution in [1.29, 1.82) is 0 Å². The molecule has 0 spiro atoms. The summed E-state index contributed by atoms with van der Waals surface area (Å²) < 4.78 is 44.8. The molecule has 1 aliphatic rings. The number of ether oxygens (including phenoxy) is 1. The summed E-state index contributed by atoms with van der Waals surface area (Å²) in [7, 11) is 1.50. The fourth-order valence-electron chi connectivity index (χ4n) is 2.32. The van der Waals surface area contributed by atoms with E-state index in [-0.39, 0.29) is 5.16 Å². The molecule has 0 bridgehead atoms. The predicted octanol–water partition coefficient (Wildman–Crippen LogP) is 1.55. The number of primary amides is 1. The predicted molar refractivity (Wildman–Crippen MR) is 79.0 cm³/mol. The first-order valence-electron chi connectivity index (χ1n) is 6.70. The van der Waals surface area contributed by atoms with Crippen LogP contribution in [0.4, 0.5) is 13.2 Å². The molecule has 2 heterocycles. The minimum absolute atomic E-state index is 0.0733. The number of carbonyl (C=O) groups excluding carboxylic acids is 1. The van der Waals surface area contributed by atoms with E-state index in [9.17, 15) is 18.0 Å². The molecule has 0 saturated carbocycles. The van der Waals surface area contributed by atoms with Crippen molar-refractivity contribution in [3.05, 3.63) is 35.7 Å². The molecule has 0 aliphatic carbocycles. The molecular formula is C13H12F3N5O2S. The molecule has 0 saturated heterocycles. The van der Waals surface area contributed by atoms with Crippen molar-refractivity contribution in [3.63, 3.8) is 0 Å². The third-order valence-corrected chi connectivity index (χ3v) is 4.68. The van der Waals surface area contributed by atoms with Gasteiger partial charge >= 0.3 is 6.18 Å². The number of alkyl halides is 3. The van der Waals surface area contributed by atoms with E-state index in [2.05, 4.69) is 15.6 Å². The third-order valence-electron chi connectivity index (χ3n) is 3.45. The average molecular weight is 359 g/mol. The lowest BCUT2D eigenvalue weighted by molar-refractivity contribution is -0.147. The van der Waals surface area contributed by atoms with E-state index in [1.807, 2.05) is 0 Å². The maximum absolute atomic E-state index is 13.0. The summed E-state index contributed by atoms with van der Waals surface area (Å²) in [4.78, 5) is 11.7. The fraction of sp³-hybridized carbons (Fsp3) is 0.308. The topological polar surface area (TPSA) is 95.1 Å². The number of thioether (sulfide) groups is 1. The van der Waals surface area contributed by atoms with Crippen molar-refractivity contribution in [3.8, 4) is 5.75 Å². The highest BCUT2D eigenvalue weighted by molar-refractivity contribution is 8.00. The van der Waals surface area contributed by atoms with E-state index in [0.29, 0.717) is 11.3 Å². The summed E-state index contributed by atoms with van der Waals surface area (Å²) >= 11 is 0.836. The number of aromatic nitrogens is 3. The number of methoxy groups -OCH3 is 1. The van der Waals surface area contributed by atoms with Gasteiger partial charge in [-0.1, -0.05) is 23.9 Å². The number of amides is 1. The van der Waals surface area contributed by atoms with Crippen LogP contribution in [0.1, 0.15) is 17.4 Å². The van der Waals surface area contributed by atoms with Crippen LogP contribution in [0.5, 0.6) is 5.75 Å². The van der Waals surface area contributed by atoms with Crippen LogP contribution in [0.2, 0.25) is 0 Å². The number of rotatable bonds is 3. The Kier molecular flexibility index (Phi) is 4.03. The van der Waals surface area contributed by atoms with Gasteiger partial charge in [-0.25, -0.2) is 4.68 Å². The van der Waals surface area contributed by atoms with Crippen molar-refractivity contribution in [2.45, 2.75) is 22.6 Å². The first-order chi connectivity index (χ1) is 11.3. The van der Waals surface area contributed by atoms with Crippen LogP contribution in [-0.2, 0) is 11.0 Å². The van der Waals surface area contributed by atoms with Gasteiger partial charge in [-0.05, 0) is 17.7 Å². The molecule has 2 atom stereocenters. The zero-order chi connectivity index (χ0) is 17.5. The largest absolute Gasteiger partial charge is 0.497 e. The maximum atomic E-state index is 13.0. The van der Waals surface area contributed by atoms with Gasteiger partial charge in [0, 0.05) is 0 Å². The van der Waals surface area contributed by atoms with Crippen molar-refractivity contribution in [2.75, 3.05) is 12.5 Å². The average Bonchev–Trinajstić information content (AvgIpc) is 2.96. The van der Waals surface area contributed by atoms with Crippen LogP contribution >= 0.6 is 11.8 Å². The van der Waals surface area contributed by atoms with Crippen molar-refractivity contribution >= 4 is 17.7 Å². The van der Waals surface area contributed by atoms with E-state index >= 15 is 0 Å². The van der Waals surface area contributed by atoms with Gasteiger partial charge in [0.2, 0.25) is 11.1 Å². The van der Waals surface area contributed by atoms with Crippen molar-refractivity contribution in [2.24, 2.45) is 5.73 Å². The molecule has 24 heavy (non-hydrogen) atoms. The molecular weight excluding hydrogens is 347 g/mol. The maximum Gasteiger partial charge on any atom is 0.453 e. The van der Waals surface area contributed by atoms with Crippen LogP contribution in [0.15, 0.2) is 29.4 Å². The summed E-state index contributed by atoms with van der Waals surface area (Å²) in [5.41, 5.74) is 8.63. The number of nitrogens with two attached hydrogens (primary N) is 1. The van der Waals surface area contributed by atoms with E-state index in [4.69, 9.17) is 10.5 Å². The standard InChI is InChI=1S/C13H12F3N5O2S/c1-23-7-4-2-6(3-5-7)8-9(10(17)22)24-12-19-18-11(13(14,15)16)21(12)20-8/h2-5,8-9,20H,1H3,(H2,17,22)/t8-,9-/m1/s1. The number of nitrogens with one attached hydrogen (secondary N) is 1. The van der Waals surface area contributed by atoms with Gasteiger partial charge in [0.1, 0.15) is 11.0 Å². The molecule has 1 aliphatic heterocycles. The Bertz CT molecular complexity index is 762. The van der Waals surface area contributed by atoms with Gasteiger partial charge in [0.25, 0.3) is 5.82 Å². The molecule has 0 radical (unpaired) electrons. The molecule has 2 aromatic rings. The Balaban J connectivity index is 2.01. The first-order valence-corrected chi connectivity index (χ1v) is 7.58. The zero-order valence-electron chi connectivity index (χ0n) is 12.2. The summed E-state index contributed by atoms with van der Waals surface area (Å²) in [5, 5.41) is 5.72. The third kappa shape index (κ3) is 2.86. The smallest absolute Gasteiger partial charge is 0.453 e. The molecule has 3 N–H and O–H groups in total. The Morgan fingerprint density at radius 3 is 2.54 bits per heavy atom. The van der Waals surface area contributed by atoms with Gasteiger partial charge in [0.05, 0.1) is 13.2 Å². The Morgan fingerprint density at radius 1 is 1.33 bits per heavy atom. The highest BCUT2D eigenvalue weighted by Gasteiger charge is 2.43. The molecule has 1 aromatic heterocycles. The highest BCUT2D eigenvalue weighted by Crippen LogP contribution is 2.39. The molecule has 3 rings (SSSR count). The van der Waals surface area contributed by atoms with E-state index in [1.54, 1.807) is 24.3 Å². The number of hydrogen-bond acceptors (Lipinski definition) is 6. The monoisotopic (exact) mass is 359 g/mol. The second-order valence-corrected chi connectivity index (χ2v) is 6.07. The SMILES string of the molecule is COc1ccc([C@H]2Nn3c(nnc3C(F)(F)F)S[C@H]2C(N)=O)cc1. The minimum Gasteiger partial charge on any atom is -0.497 e. The highest BCUT2D eigenvalue weighted by atomic mass is 32.2. The quantitative estimate of drug-likeness (QED) is 0.863. The number of nitrogens with zero attached hydrogens (tertiary/aromatic N) is 3. The fourth-order valence-corrected chi connectivity index (χ4v) is 3.35. The zero-order valence-corrected chi connectivity index (χ0v) is 13.1. The van der Waals surface area contributed by atoms with Gasteiger partial charge in [0.15, 0.2) is 0 Å². The van der Waals surface area contributed by atoms with Crippen molar-refractivity contribution < 1.29 is 22.7 Å². The molecule has 11 heteroatoms. The normalized spacial score (nSPS) is 20.2. The van der Waals surface area contributed by atoms with E-state index in [1.165, 1.54) is 7.11 Å². The van der Waals surface area contributed by atoms with Crippen LogP contribution < -0.4 is 15.9 Å². The lowest BCUT2D eigenvalue weighted by atomic mass is 10.0. The second-order valence-electron chi connectivity index (χ2n) is 4.96. The lowest BCUT2D eigenvalue weighted by Gasteiger charge is -2.32. The van der Waals surface area contributed by atoms with Crippen molar-refractivity contribution in [1.82, 2.24) is 14.9 Å². The van der Waals surface area contributed by atoms with Gasteiger partial charge in [-0.3, -0.25) is 4.79 Å². The molecule has 1 aromatic carbocycles. The molecule has 0 unspecified atom stereocenters. The molecule has 7 nitrogen and oxygen atoms in total. The number of benzene rings is 1. The number of halogens is 3. The number of fused-ring (bicyclic) bond motifs is 1. The Morgan fingerprint density at radius 2 is 2.00 bits per heavy atom. The lowest BCUT2D eigenvalue weighted by Crippen LogP contribution is -2.42. The molecule has 128 valence electrons. The van der Waals surface area contributed by atoms with Crippen LogP contribution in [0.25, 0.3) is 0 Å². The Hall–Kier alpha value is -2.43.